The minimum atomic E-state index is -5.10. The molecule has 16 heteroatoms. The molecular formula is C31H34F7N7O2. The van der Waals surface area contributed by atoms with Crippen LogP contribution in [-0.2, 0) is 6.18 Å². The first kappa shape index (κ1) is 31.9. The number of nitrogens with zero attached hydrogens (tertiary/aromatic N) is 5. The van der Waals surface area contributed by atoms with E-state index in [4.69, 9.17) is 15.2 Å². The summed E-state index contributed by atoms with van der Waals surface area (Å²) in [6.45, 7) is 2.82. The van der Waals surface area contributed by atoms with Crippen LogP contribution in [0.25, 0.3) is 22.2 Å². The van der Waals surface area contributed by atoms with Crippen LogP contribution in [0.5, 0.6) is 11.8 Å². The number of fused-ring (bicyclic) bond motifs is 4. The Morgan fingerprint density at radius 3 is 2.51 bits per heavy atom. The minimum absolute atomic E-state index is 0.0138. The third-order valence-corrected chi connectivity index (χ3v) is 9.96. The van der Waals surface area contributed by atoms with E-state index in [-0.39, 0.29) is 48.9 Å². The van der Waals surface area contributed by atoms with E-state index < -0.39 is 75.2 Å². The molecule has 4 atom stereocenters. The third-order valence-electron chi connectivity index (χ3n) is 9.96. The highest BCUT2D eigenvalue weighted by Gasteiger charge is 2.49. The number of halogens is 7. The van der Waals surface area contributed by atoms with Gasteiger partial charge in [-0.15, -0.1) is 0 Å². The van der Waals surface area contributed by atoms with Gasteiger partial charge in [0.1, 0.15) is 35.7 Å². The van der Waals surface area contributed by atoms with Gasteiger partial charge in [-0.05, 0) is 50.8 Å². The molecule has 4 aliphatic rings. The van der Waals surface area contributed by atoms with Gasteiger partial charge in [-0.1, -0.05) is 0 Å². The molecule has 4 saturated heterocycles. The predicted octanol–water partition coefficient (Wildman–Crippen LogP) is 5.58. The number of hydrogen-bond donors (Lipinski definition) is 2. The van der Waals surface area contributed by atoms with Gasteiger partial charge in [0, 0.05) is 38.1 Å². The number of nitrogens with two attached hydrogens (primary N) is 1. The maximum atomic E-state index is 17.0. The highest BCUT2D eigenvalue weighted by Crippen LogP contribution is 2.50. The monoisotopic (exact) mass is 669 g/mol. The lowest BCUT2D eigenvalue weighted by Crippen LogP contribution is -2.51. The van der Waals surface area contributed by atoms with Crippen molar-refractivity contribution >= 4 is 22.5 Å². The summed E-state index contributed by atoms with van der Waals surface area (Å²) in [5, 5.41) is 3.24. The number of methoxy groups -OCH3 is 1. The lowest BCUT2D eigenvalue weighted by molar-refractivity contribution is -0.137. The van der Waals surface area contributed by atoms with E-state index >= 15 is 13.2 Å². The van der Waals surface area contributed by atoms with Gasteiger partial charge in [-0.2, -0.15) is 23.1 Å². The topological polar surface area (TPSA) is 102 Å². The normalized spacial score (nSPS) is 26.1. The molecule has 0 saturated carbocycles. The summed E-state index contributed by atoms with van der Waals surface area (Å²) in [4.78, 5) is 16.4. The third kappa shape index (κ3) is 5.36. The van der Waals surface area contributed by atoms with Crippen molar-refractivity contribution < 1.29 is 40.2 Å². The predicted molar refractivity (Wildman–Crippen MR) is 159 cm³/mol. The van der Waals surface area contributed by atoms with E-state index in [1.165, 1.54) is 0 Å². The number of rotatable bonds is 7. The zero-order valence-electron chi connectivity index (χ0n) is 25.7. The van der Waals surface area contributed by atoms with Crippen molar-refractivity contribution in [3.63, 3.8) is 0 Å². The zero-order valence-corrected chi connectivity index (χ0v) is 25.7. The Morgan fingerprint density at radius 2 is 1.85 bits per heavy atom. The van der Waals surface area contributed by atoms with Crippen molar-refractivity contribution in [1.29, 1.82) is 0 Å². The van der Waals surface area contributed by atoms with Gasteiger partial charge in [-0.3, -0.25) is 4.90 Å². The van der Waals surface area contributed by atoms with E-state index in [1.807, 2.05) is 9.80 Å². The fourth-order valence-electron chi connectivity index (χ4n) is 8.08. The van der Waals surface area contributed by atoms with Gasteiger partial charge in [-0.25, -0.2) is 22.5 Å². The van der Waals surface area contributed by atoms with Crippen LogP contribution >= 0.6 is 0 Å². The minimum Gasteiger partial charge on any atom is -0.495 e. The number of nitrogens with one attached hydrogen (secondary N) is 1. The highest BCUT2D eigenvalue weighted by atomic mass is 19.4. The molecule has 2 unspecified atom stereocenters. The van der Waals surface area contributed by atoms with E-state index in [2.05, 4.69) is 20.3 Å². The number of benzene rings is 1. The van der Waals surface area contributed by atoms with Crippen LogP contribution in [0.3, 0.4) is 0 Å². The number of hydrogen-bond acceptors (Lipinski definition) is 9. The van der Waals surface area contributed by atoms with E-state index in [1.54, 1.807) is 0 Å². The Hall–Kier alpha value is -3.66. The van der Waals surface area contributed by atoms with E-state index in [0.29, 0.717) is 26.1 Å². The maximum Gasteiger partial charge on any atom is 0.418 e. The molecule has 7 rings (SSSR count). The van der Waals surface area contributed by atoms with Crippen LogP contribution in [0.4, 0.5) is 42.4 Å². The zero-order chi connectivity index (χ0) is 33.4. The largest absolute Gasteiger partial charge is 0.495 e. The molecule has 6 heterocycles. The number of alkyl halides is 6. The van der Waals surface area contributed by atoms with Gasteiger partial charge < -0.3 is 25.4 Å². The SMILES string of the molecule is COc1c(C(F)F)c(-c2nc(N)cc(C)c2C(F)(F)F)c(F)c2nc(OC[C@@]34CCCN3C[C@H](F)C4)nc(N3CC4CCC(C3)N4)c12. The number of aryl methyl sites for hydroxylation is 1. The average Bonchev–Trinajstić information content (AvgIpc) is 3.64. The molecule has 1 aromatic carbocycles. The summed E-state index contributed by atoms with van der Waals surface area (Å²) in [5.74, 6) is -2.42. The first-order valence-corrected chi connectivity index (χ1v) is 15.6. The van der Waals surface area contributed by atoms with Crippen LogP contribution in [-0.4, -0.2) is 83.5 Å². The second-order valence-corrected chi connectivity index (χ2v) is 13.0. The summed E-state index contributed by atoms with van der Waals surface area (Å²) in [7, 11) is 1.07. The second kappa shape index (κ2) is 11.5. The number of aromatic nitrogens is 3. The molecule has 2 bridgehead atoms. The molecule has 47 heavy (non-hydrogen) atoms. The summed E-state index contributed by atoms with van der Waals surface area (Å²) < 4.78 is 116. The van der Waals surface area contributed by atoms with Gasteiger partial charge in [0.2, 0.25) is 0 Å². The lowest BCUT2D eigenvalue weighted by atomic mass is 9.93. The molecule has 4 fully saturated rings. The van der Waals surface area contributed by atoms with Gasteiger partial charge in [0.25, 0.3) is 6.43 Å². The van der Waals surface area contributed by atoms with Crippen LogP contribution in [0, 0.1) is 12.7 Å². The van der Waals surface area contributed by atoms with Crippen LogP contribution in [0.15, 0.2) is 6.07 Å². The molecule has 4 aliphatic heterocycles. The lowest BCUT2D eigenvalue weighted by Gasteiger charge is -2.35. The molecule has 0 aliphatic carbocycles. The molecule has 2 aromatic heterocycles. The number of nitrogen functional groups attached to an aromatic ring is 1. The Kier molecular flexibility index (Phi) is 7.81. The first-order chi connectivity index (χ1) is 22.3. The van der Waals surface area contributed by atoms with Crippen molar-refractivity contribution in [1.82, 2.24) is 25.2 Å². The standard InChI is InChI=1S/C31H34F7N7O2/c1-14-8-18(39)41-24(22(14)31(36,37)38)19-20(27(34)35)26(46-2)21-25(23(19)33)42-29(43-28(21)44-11-16-4-5-17(12-44)40-16)47-13-30-6-3-7-45(30)10-15(32)9-30/h8,15-17,27,40H,3-7,9-13H2,1-2H3,(H2,39,41)/t15-,16?,17?,30+/m1/s1. The molecule has 0 radical (unpaired) electrons. The van der Waals surface area contributed by atoms with Crippen molar-refractivity contribution in [2.45, 2.75) is 75.4 Å². The van der Waals surface area contributed by atoms with Gasteiger partial charge >= 0.3 is 12.2 Å². The summed E-state index contributed by atoms with van der Waals surface area (Å²) in [5.41, 5.74) is -0.596. The van der Waals surface area contributed by atoms with Crippen LogP contribution < -0.4 is 25.4 Å². The second-order valence-electron chi connectivity index (χ2n) is 13.0. The van der Waals surface area contributed by atoms with Crippen molar-refractivity contribution in [3.8, 4) is 23.0 Å². The van der Waals surface area contributed by atoms with Crippen molar-refractivity contribution in [2.24, 2.45) is 0 Å². The van der Waals surface area contributed by atoms with Crippen molar-refractivity contribution in [3.05, 3.63) is 28.6 Å². The molecule has 254 valence electrons. The molecule has 3 aromatic rings. The smallest absolute Gasteiger partial charge is 0.418 e. The summed E-state index contributed by atoms with van der Waals surface area (Å²) >= 11 is 0. The molecule has 3 N–H and O–H groups in total. The fourth-order valence-corrected chi connectivity index (χ4v) is 8.08. The quantitative estimate of drug-likeness (QED) is 0.312. The van der Waals surface area contributed by atoms with Gasteiger partial charge in [0.15, 0.2) is 5.82 Å². The van der Waals surface area contributed by atoms with E-state index in [9.17, 15) is 17.6 Å². The van der Waals surface area contributed by atoms with E-state index in [0.717, 1.165) is 39.4 Å². The summed E-state index contributed by atoms with van der Waals surface area (Å²) in [6, 6.07) is 0.720. The molecule has 0 amide bonds. The summed E-state index contributed by atoms with van der Waals surface area (Å²) in [6.07, 6.45) is -6.18. The maximum absolute atomic E-state index is 17.0. The molecular weight excluding hydrogens is 635 g/mol. The average molecular weight is 670 g/mol. The number of ether oxygens (including phenoxy) is 2. The fraction of sp³-hybridized carbons (Fsp3) is 0.581. The Bertz CT molecular complexity index is 1710. The Labute approximate surface area is 265 Å². The Morgan fingerprint density at radius 1 is 1.13 bits per heavy atom. The highest BCUT2D eigenvalue weighted by molar-refractivity contribution is 6.01. The van der Waals surface area contributed by atoms with Gasteiger partial charge in [0.05, 0.1) is 40.4 Å². The van der Waals surface area contributed by atoms with Crippen LogP contribution in [0.1, 0.15) is 55.2 Å². The number of piperazine rings is 1. The Balaban J connectivity index is 1.47. The number of pyridine rings is 1. The van der Waals surface area contributed by atoms with Crippen molar-refractivity contribution in [2.75, 3.05) is 50.5 Å². The molecule has 9 nitrogen and oxygen atoms in total. The number of anilines is 2. The van der Waals surface area contributed by atoms with Crippen LogP contribution in [0.2, 0.25) is 0 Å². The first-order valence-electron chi connectivity index (χ1n) is 15.6. The molecule has 0 spiro atoms.